The minimum atomic E-state index is -4.15. The average molecular weight is 2010 g/mol. The van der Waals surface area contributed by atoms with E-state index in [9.17, 15) is 71.1 Å². The molecular weight excluding hydrogens is 1870 g/mol. The van der Waals surface area contributed by atoms with Crippen LogP contribution in [0.25, 0.3) is 22.5 Å². The highest BCUT2D eigenvalue weighted by molar-refractivity contribution is 7.85. The fourth-order valence-electron chi connectivity index (χ4n) is 19.9. The van der Waals surface area contributed by atoms with Crippen molar-refractivity contribution in [3.8, 4) is 28.3 Å². The van der Waals surface area contributed by atoms with Crippen molar-refractivity contribution in [1.82, 2.24) is 57.5 Å². The number of nitrogens with two attached hydrogens (primary N) is 1. The normalized spacial score (nSPS) is 19.1. The number of primary amides is 1. The number of phenolic OH excluding ortho intramolecular Hbond substituents is 1. The number of amides is 13. The fourth-order valence-corrected chi connectivity index (χ4v) is 20.2. The van der Waals surface area contributed by atoms with Gasteiger partial charge in [0.2, 0.25) is 59.1 Å². The number of carbonyl (C=O) groups excluding carboxylic acids is 12. The second-order valence-corrected chi connectivity index (χ2v) is 39.2. The standard InChI is InChI=1S/C101H139N15O26S/c1-67(2)89(111-85(120)34-44-134-48-52-138-55-57-139-53-49-135-45-40-103-83(118)31-32-88(123)115-63-71-14-7-8-15-75(71)90-91(76-16-9-10-18-80(76)115)116(114-113-90)42-46-136-50-54-140-58-56-137-51-47-133-43-33-84(119)104-41-59-143(130,131)132)93(125)110-79(17-11-39-105-96(102)128)92(124)109-72-25-19-68(20-26-72)64-142-97(129)106-62-86(121)107-66-141-65-87(122)108-73-27-21-69-23-29-81-98(3,77(69)60-73)35-12-37-100(81,5)94(126)112-95(127)101(6)38-13-36-99(4)78-61-74(117)28-22-70(78)24-30-82(99)101/h7-10,14-16,18-22,25-28,60-61,67,79,81-82,89,117H,11-13,17,23-24,29-59,62-66H2,1-6H3,(H,103,118)(H,104,119)(H,106,129)(H,107,121)(H,108,122)(H,109,124)(H,110,125)(H,111,120)(H3,102,105,128)(H,112,126,127)(H,130,131,132)/t79-,81+,82+,89-,98+,99+,100-,101-/m0/s1. The number of urea groups is 1. The number of phenols is 1. The predicted molar refractivity (Wildman–Crippen MR) is 526 cm³/mol. The summed E-state index contributed by atoms with van der Waals surface area (Å²) in [4.78, 5) is 161. The van der Waals surface area contributed by atoms with Crippen LogP contribution in [0.2, 0.25) is 0 Å². The van der Waals surface area contributed by atoms with Gasteiger partial charge in [0.05, 0.1) is 147 Å². The highest BCUT2D eigenvalue weighted by Gasteiger charge is 2.59. The number of fused-ring (bicyclic) bond motifs is 11. The largest absolute Gasteiger partial charge is 0.508 e. The number of aromatic hydroxyl groups is 1. The number of anilines is 3. The van der Waals surface area contributed by atoms with Crippen molar-refractivity contribution in [1.29, 1.82) is 0 Å². The first-order valence-electron chi connectivity index (χ1n) is 49.1. The van der Waals surface area contributed by atoms with E-state index in [0.717, 1.165) is 84.7 Å². The van der Waals surface area contributed by atoms with Gasteiger partial charge in [-0.25, -0.2) is 14.3 Å². The third-order valence-corrected chi connectivity index (χ3v) is 28.0. The molecule has 1 aromatic heterocycles. The van der Waals surface area contributed by atoms with Crippen LogP contribution in [0.15, 0.2) is 109 Å². The van der Waals surface area contributed by atoms with Crippen LogP contribution in [0.4, 0.5) is 26.7 Å². The Morgan fingerprint density at radius 3 is 1.69 bits per heavy atom. The maximum Gasteiger partial charge on any atom is 0.407 e. The number of nitrogens with one attached hydrogen (secondary N) is 10. The van der Waals surface area contributed by atoms with Crippen molar-refractivity contribution in [2.45, 2.75) is 187 Å². The Kier molecular flexibility index (Phi) is 42.6. The molecule has 11 rings (SSSR count). The van der Waals surface area contributed by atoms with Crippen LogP contribution in [-0.2, 0) is 149 Å². The number of hydrogen-bond acceptors (Lipinski definition) is 27. The van der Waals surface area contributed by atoms with E-state index in [2.05, 4.69) is 77.3 Å². The summed E-state index contributed by atoms with van der Waals surface area (Å²) in [5.41, 5.74) is 13.2. The van der Waals surface area contributed by atoms with E-state index in [-0.39, 0.29) is 204 Å². The molecular formula is C101H139N15O26S. The average Bonchev–Trinajstić information content (AvgIpc) is 1.00. The van der Waals surface area contributed by atoms with Gasteiger partial charge in [-0.1, -0.05) is 126 Å². The first kappa shape index (κ1) is 111. The van der Waals surface area contributed by atoms with Crippen molar-refractivity contribution in [2.75, 3.05) is 167 Å². The summed E-state index contributed by atoms with van der Waals surface area (Å²) in [6.45, 7) is 14.9. The highest BCUT2D eigenvalue weighted by Crippen LogP contribution is 2.60. The zero-order chi connectivity index (χ0) is 103. The molecule has 4 aliphatic carbocycles. The van der Waals surface area contributed by atoms with Crippen LogP contribution in [0.3, 0.4) is 0 Å². The molecule has 2 fully saturated rings. The van der Waals surface area contributed by atoms with Gasteiger partial charge in [0, 0.05) is 67.8 Å². The Labute approximate surface area is 833 Å². The minimum absolute atomic E-state index is 0.00819. The SMILES string of the molecule is CC(C)[C@H](NC(=O)CCOCCOCCOCCOCCNC(=O)CCC(=O)N1Cc2ccccc2-c2nnn(CCOCCOCCOCCOCCC(=O)NCCS(=O)(=O)O)c2-c2ccccc21)C(=O)N[C@@H](CCCNC(N)=O)C(=O)Nc1ccc(COC(=O)NCC(=O)NCOCC(=O)Nc2ccc3c(c2)[C@@]2(C)CCC[C@](C)(C(=O)NC(=O)[C@@]4(C)CCC[C@]5(C)c6cc(O)ccc6CC[C@@H]45)[C@@H]2CC3)cc1. The number of aryl methyl sites for hydroxylation is 2. The second kappa shape index (κ2) is 54.6. The van der Waals surface area contributed by atoms with E-state index in [1.54, 1.807) is 53.8 Å². The van der Waals surface area contributed by atoms with E-state index >= 15 is 0 Å². The molecule has 0 bridgehead atoms. The Morgan fingerprint density at radius 1 is 0.524 bits per heavy atom. The van der Waals surface area contributed by atoms with E-state index in [1.165, 1.54) is 5.56 Å². The van der Waals surface area contributed by atoms with Crippen LogP contribution < -0.4 is 63.8 Å². The van der Waals surface area contributed by atoms with Crippen LogP contribution in [-0.4, -0.2) is 267 Å². The molecule has 41 nitrogen and oxygen atoms in total. The predicted octanol–water partition coefficient (Wildman–Crippen LogP) is 7.01. The summed E-state index contributed by atoms with van der Waals surface area (Å²) in [6.07, 6.45) is 6.92. The fraction of sp³-hybridized carbons (Fsp3) is 0.564. The molecule has 0 radical (unpaired) electrons. The lowest BCUT2D eigenvalue weighted by atomic mass is 9.49. The van der Waals surface area contributed by atoms with Gasteiger partial charge < -0.3 is 111 Å². The van der Waals surface area contributed by atoms with Gasteiger partial charge in [0.15, 0.2) is 0 Å². The molecule has 0 spiro atoms. The molecule has 2 heterocycles. The van der Waals surface area contributed by atoms with Crippen molar-refractivity contribution >= 4 is 98.4 Å². The van der Waals surface area contributed by atoms with E-state index < -0.39 is 111 Å². The van der Waals surface area contributed by atoms with E-state index in [0.29, 0.717) is 79.8 Å². The topological polar surface area (TPSA) is 552 Å². The van der Waals surface area contributed by atoms with Crippen molar-refractivity contribution in [3.05, 3.63) is 143 Å². The Hall–Kier alpha value is -12.0. The molecule has 5 aliphatic rings. The molecule has 143 heavy (non-hydrogen) atoms. The number of para-hydroxylation sites is 1. The quantitative estimate of drug-likeness (QED) is 0.00790. The van der Waals surface area contributed by atoms with Crippen LogP contribution in [0, 0.1) is 28.6 Å². The summed E-state index contributed by atoms with van der Waals surface area (Å²) < 4.78 is 87.8. The summed E-state index contributed by atoms with van der Waals surface area (Å²) in [5, 5.41) is 46.3. The van der Waals surface area contributed by atoms with Crippen molar-refractivity contribution < 1.29 is 123 Å². The smallest absolute Gasteiger partial charge is 0.407 e. The molecule has 2 saturated carbocycles. The molecule has 0 unspecified atom stereocenters. The maximum absolute atomic E-state index is 14.8. The first-order valence-corrected chi connectivity index (χ1v) is 50.7. The van der Waals surface area contributed by atoms with Gasteiger partial charge in [0.1, 0.15) is 50.0 Å². The molecule has 1 aliphatic heterocycles. The van der Waals surface area contributed by atoms with Gasteiger partial charge in [-0.05, 0) is 169 Å². The number of alkyl carbamates (subject to hydrolysis) is 1. The number of imide groups is 1. The minimum Gasteiger partial charge on any atom is -0.508 e. The Bertz CT molecular complexity index is 5460. The monoisotopic (exact) mass is 2010 g/mol. The first-order chi connectivity index (χ1) is 68.7. The zero-order valence-electron chi connectivity index (χ0n) is 82.4. The van der Waals surface area contributed by atoms with Gasteiger partial charge in [0.25, 0.3) is 10.1 Å². The van der Waals surface area contributed by atoms with Crippen molar-refractivity contribution in [2.24, 2.45) is 34.3 Å². The highest BCUT2D eigenvalue weighted by atomic mass is 32.2. The number of benzene rings is 5. The van der Waals surface area contributed by atoms with Gasteiger partial charge in [-0.3, -0.25) is 57.8 Å². The molecule has 780 valence electrons. The molecule has 8 atom stereocenters. The second-order valence-electron chi connectivity index (χ2n) is 37.6. The lowest BCUT2D eigenvalue weighted by Crippen LogP contribution is -2.60. The van der Waals surface area contributed by atoms with Crippen LogP contribution >= 0.6 is 0 Å². The number of nitrogens with zero attached hydrogens (tertiary/aromatic N) is 4. The van der Waals surface area contributed by atoms with Crippen molar-refractivity contribution in [3.63, 3.8) is 0 Å². The number of ether oxygens (including phenoxy) is 10. The summed E-state index contributed by atoms with van der Waals surface area (Å²) >= 11 is 0. The third-order valence-electron chi connectivity index (χ3n) is 27.2. The van der Waals surface area contributed by atoms with Crippen LogP contribution in [0.5, 0.6) is 5.75 Å². The number of rotatable bonds is 57. The third kappa shape index (κ3) is 32.5. The molecule has 0 saturated heterocycles. The van der Waals surface area contributed by atoms with E-state index in [1.807, 2.05) is 92.7 Å². The number of hydrogen-bond donors (Lipinski definition) is 13. The summed E-state index contributed by atoms with van der Waals surface area (Å²) in [5.74, 6) is -5.10. The molecule has 6 aromatic rings. The van der Waals surface area contributed by atoms with Crippen LogP contribution in [0.1, 0.15) is 165 Å². The number of carbonyl (C=O) groups is 12. The Balaban J connectivity index is 0.506. The molecule has 5 aromatic carbocycles. The van der Waals surface area contributed by atoms with Gasteiger partial charge in [-0.15, -0.1) is 5.10 Å². The molecule has 14 N–H and O–H groups in total. The lowest BCUT2D eigenvalue weighted by molar-refractivity contribution is -0.150. The molecule has 13 amide bonds. The van der Waals surface area contributed by atoms with Gasteiger partial charge in [-0.2, -0.15) is 8.42 Å². The maximum atomic E-state index is 14.8. The molecule has 42 heteroatoms. The summed E-state index contributed by atoms with van der Waals surface area (Å²) in [7, 11) is -4.15. The zero-order valence-corrected chi connectivity index (χ0v) is 83.3. The van der Waals surface area contributed by atoms with E-state index in [4.69, 9.17) is 57.7 Å². The summed E-state index contributed by atoms with van der Waals surface area (Å²) in [6, 6.07) is 29.9. The Morgan fingerprint density at radius 2 is 1.08 bits per heavy atom. The lowest BCUT2D eigenvalue weighted by Gasteiger charge is -2.56. The number of aromatic nitrogens is 3. The van der Waals surface area contributed by atoms with Gasteiger partial charge >= 0.3 is 12.1 Å².